The lowest BCUT2D eigenvalue weighted by molar-refractivity contribution is -0.161. The molecular weight excluding hydrogens is 243 g/mol. The average Bonchev–Trinajstić information content (AvgIpc) is 2.73. The fraction of sp³-hybridized carbons (Fsp3) is 0.333. The van der Waals surface area contributed by atoms with Gasteiger partial charge < -0.3 is 14.2 Å². The van der Waals surface area contributed by atoms with Crippen LogP contribution in [0, 0.1) is 5.82 Å². The highest BCUT2D eigenvalue weighted by Crippen LogP contribution is 2.13. The number of carbonyl (C=O) groups is 2. The van der Waals surface area contributed by atoms with Crippen molar-refractivity contribution in [1.29, 1.82) is 0 Å². The topological polar surface area (TPSA) is 61.8 Å². The van der Waals surface area contributed by atoms with Gasteiger partial charge in [0.1, 0.15) is 11.6 Å². The van der Waals surface area contributed by atoms with Crippen molar-refractivity contribution in [2.45, 2.75) is 12.5 Å². The summed E-state index contributed by atoms with van der Waals surface area (Å²) in [4.78, 5) is 22.4. The van der Waals surface area contributed by atoms with Gasteiger partial charge in [-0.2, -0.15) is 0 Å². The molecular formula is C12H11FO5. The van der Waals surface area contributed by atoms with E-state index in [2.05, 4.69) is 4.74 Å². The summed E-state index contributed by atoms with van der Waals surface area (Å²) in [5, 5.41) is 0. The Morgan fingerprint density at radius 1 is 1.50 bits per heavy atom. The highest BCUT2D eigenvalue weighted by Gasteiger charge is 2.30. The molecule has 1 saturated heterocycles. The Balaban J connectivity index is 1.79. The van der Waals surface area contributed by atoms with Gasteiger partial charge in [0.2, 0.25) is 6.10 Å². The van der Waals surface area contributed by atoms with Crippen molar-refractivity contribution < 1.29 is 28.2 Å². The van der Waals surface area contributed by atoms with Gasteiger partial charge in [0, 0.05) is 12.5 Å². The van der Waals surface area contributed by atoms with Gasteiger partial charge in [-0.3, -0.25) is 0 Å². The second-order valence-electron chi connectivity index (χ2n) is 3.68. The molecule has 0 amide bonds. The van der Waals surface area contributed by atoms with Gasteiger partial charge in [0.25, 0.3) is 0 Å². The SMILES string of the molecule is O=C(COc1cccc(F)c1)OC1CCOC1=O. The molecule has 18 heavy (non-hydrogen) atoms. The second-order valence-corrected chi connectivity index (χ2v) is 3.68. The Morgan fingerprint density at radius 3 is 3.00 bits per heavy atom. The summed E-state index contributed by atoms with van der Waals surface area (Å²) in [6.07, 6.45) is -0.501. The number of halogens is 1. The van der Waals surface area contributed by atoms with Crippen LogP contribution < -0.4 is 4.74 Å². The van der Waals surface area contributed by atoms with Gasteiger partial charge in [-0.1, -0.05) is 6.07 Å². The molecule has 0 N–H and O–H groups in total. The lowest BCUT2D eigenvalue weighted by atomic mass is 10.3. The Bertz CT molecular complexity index is 460. The van der Waals surface area contributed by atoms with Crippen molar-refractivity contribution in [3.63, 3.8) is 0 Å². The van der Waals surface area contributed by atoms with E-state index < -0.39 is 23.9 Å². The molecule has 6 heteroatoms. The van der Waals surface area contributed by atoms with Crippen LogP contribution in [0.2, 0.25) is 0 Å². The molecule has 1 aromatic carbocycles. The molecule has 0 spiro atoms. The van der Waals surface area contributed by atoms with Gasteiger partial charge in [-0.25, -0.2) is 14.0 Å². The molecule has 0 saturated carbocycles. The van der Waals surface area contributed by atoms with Crippen LogP contribution in [-0.2, 0) is 19.1 Å². The molecule has 1 atom stereocenters. The van der Waals surface area contributed by atoms with Gasteiger partial charge in [0.15, 0.2) is 6.61 Å². The molecule has 1 aliphatic heterocycles. The monoisotopic (exact) mass is 254 g/mol. The first-order valence-electron chi connectivity index (χ1n) is 5.39. The third-order valence-corrected chi connectivity index (χ3v) is 2.31. The first kappa shape index (κ1) is 12.3. The third-order valence-electron chi connectivity index (χ3n) is 2.31. The Labute approximate surface area is 102 Å². The van der Waals surface area contributed by atoms with Crippen LogP contribution in [-0.4, -0.2) is 31.3 Å². The maximum Gasteiger partial charge on any atom is 0.347 e. The van der Waals surface area contributed by atoms with Crippen LogP contribution in [0.4, 0.5) is 4.39 Å². The summed E-state index contributed by atoms with van der Waals surface area (Å²) in [6, 6.07) is 5.39. The number of hydrogen-bond acceptors (Lipinski definition) is 5. The van der Waals surface area contributed by atoms with Crippen molar-refractivity contribution in [3.05, 3.63) is 30.1 Å². The van der Waals surface area contributed by atoms with E-state index in [-0.39, 0.29) is 19.0 Å². The lowest BCUT2D eigenvalue weighted by Gasteiger charge is -2.09. The standard InChI is InChI=1S/C12H11FO5/c13-8-2-1-3-9(6-8)17-7-11(14)18-10-4-5-16-12(10)15/h1-3,6,10H,4-5,7H2. The number of benzene rings is 1. The number of esters is 2. The molecule has 0 aliphatic carbocycles. The van der Waals surface area contributed by atoms with Crippen LogP contribution in [0.15, 0.2) is 24.3 Å². The zero-order valence-electron chi connectivity index (χ0n) is 9.43. The zero-order chi connectivity index (χ0) is 13.0. The second kappa shape index (κ2) is 5.48. The van der Waals surface area contributed by atoms with E-state index in [0.717, 1.165) is 6.07 Å². The van der Waals surface area contributed by atoms with E-state index in [1.165, 1.54) is 18.2 Å². The Hall–Kier alpha value is -2.11. The minimum atomic E-state index is -0.853. The van der Waals surface area contributed by atoms with E-state index in [1.54, 1.807) is 0 Å². The molecule has 1 heterocycles. The molecule has 0 bridgehead atoms. The summed E-state index contributed by atoms with van der Waals surface area (Å²) < 4.78 is 27.3. The summed E-state index contributed by atoms with van der Waals surface area (Å²) in [5.74, 6) is -1.47. The maximum absolute atomic E-state index is 12.8. The Morgan fingerprint density at radius 2 is 2.33 bits per heavy atom. The molecule has 1 fully saturated rings. The number of carbonyl (C=O) groups excluding carboxylic acids is 2. The summed E-state index contributed by atoms with van der Waals surface area (Å²) in [5.41, 5.74) is 0. The fourth-order valence-corrected chi connectivity index (χ4v) is 1.48. The highest BCUT2D eigenvalue weighted by molar-refractivity contribution is 5.81. The molecule has 96 valence electrons. The fourth-order valence-electron chi connectivity index (χ4n) is 1.48. The molecule has 0 aromatic heterocycles. The molecule has 1 aromatic rings. The van der Waals surface area contributed by atoms with Gasteiger partial charge in [-0.15, -0.1) is 0 Å². The van der Waals surface area contributed by atoms with Crippen LogP contribution >= 0.6 is 0 Å². The van der Waals surface area contributed by atoms with E-state index in [0.29, 0.717) is 6.42 Å². The molecule has 0 radical (unpaired) electrons. The summed E-state index contributed by atoms with van der Waals surface area (Å²) in [6.45, 7) is -0.130. The van der Waals surface area contributed by atoms with E-state index in [4.69, 9.17) is 9.47 Å². The van der Waals surface area contributed by atoms with E-state index in [9.17, 15) is 14.0 Å². The maximum atomic E-state index is 12.8. The van der Waals surface area contributed by atoms with Gasteiger partial charge >= 0.3 is 11.9 Å². The molecule has 1 aliphatic rings. The predicted molar refractivity (Wildman–Crippen MR) is 57.4 cm³/mol. The number of cyclic esters (lactones) is 1. The lowest BCUT2D eigenvalue weighted by Crippen LogP contribution is -2.26. The third kappa shape index (κ3) is 3.19. The molecule has 2 rings (SSSR count). The van der Waals surface area contributed by atoms with Crippen molar-refractivity contribution >= 4 is 11.9 Å². The smallest absolute Gasteiger partial charge is 0.347 e. The van der Waals surface area contributed by atoms with Gasteiger partial charge in [-0.05, 0) is 12.1 Å². The van der Waals surface area contributed by atoms with Crippen LogP contribution in [0.3, 0.4) is 0 Å². The van der Waals surface area contributed by atoms with Crippen molar-refractivity contribution in [1.82, 2.24) is 0 Å². The van der Waals surface area contributed by atoms with Crippen LogP contribution in [0.25, 0.3) is 0 Å². The average molecular weight is 254 g/mol. The molecule has 5 nitrogen and oxygen atoms in total. The van der Waals surface area contributed by atoms with Crippen molar-refractivity contribution in [3.8, 4) is 5.75 Å². The number of ether oxygens (including phenoxy) is 3. The predicted octanol–water partition coefficient (Wildman–Crippen LogP) is 1.06. The first-order chi connectivity index (χ1) is 8.65. The van der Waals surface area contributed by atoms with Crippen molar-refractivity contribution in [2.24, 2.45) is 0 Å². The largest absolute Gasteiger partial charge is 0.482 e. The Kier molecular flexibility index (Phi) is 3.76. The zero-order valence-corrected chi connectivity index (χ0v) is 9.43. The first-order valence-corrected chi connectivity index (χ1v) is 5.39. The minimum Gasteiger partial charge on any atom is -0.482 e. The summed E-state index contributed by atoms with van der Waals surface area (Å²) in [7, 11) is 0. The van der Waals surface area contributed by atoms with Crippen molar-refractivity contribution in [2.75, 3.05) is 13.2 Å². The van der Waals surface area contributed by atoms with E-state index >= 15 is 0 Å². The normalized spacial score (nSPS) is 18.3. The minimum absolute atomic E-state index is 0.223. The number of rotatable bonds is 4. The van der Waals surface area contributed by atoms with Crippen LogP contribution in [0.5, 0.6) is 5.75 Å². The highest BCUT2D eigenvalue weighted by atomic mass is 19.1. The summed E-state index contributed by atoms with van der Waals surface area (Å²) >= 11 is 0. The number of hydrogen-bond donors (Lipinski definition) is 0. The van der Waals surface area contributed by atoms with E-state index in [1.807, 2.05) is 0 Å². The quantitative estimate of drug-likeness (QED) is 0.752. The molecule has 1 unspecified atom stereocenters. The van der Waals surface area contributed by atoms with Crippen LogP contribution in [0.1, 0.15) is 6.42 Å². The van der Waals surface area contributed by atoms with Gasteiger partial charge in [0.05, 0.1) is 6.61 Å².